The number of hydrogen-bond donors (Lipinski definition) is 7. The summed E-state index contributed by atoms with van der Waals surface area (Å²) in [6, 6.07) is 10.9. The van der Waals surface area contributed by atoms with Crippen molar-refractivity contribution in [3.05, 3.63) is 60.2 Å². The number of carboxylic acid groups (broad SMARTS) is 1. The van der Waals surface area contributed by atoms with Gasteiger partial charge in [0.05, 0.1) is 11.4 Å². The first-order valence-corrected chi connectivity index (χ1v) is 14.8. The molecule has 1 saturated carbocycles. The number of nitrogens with one attached hydrogen (secondary N) is 5. The third-order valence-corrected chi connectivity index (χ3v) is 9.29. The Kier molecular flexibility index (Phi) is 9.42. The van der Waals surface area contributed by atoms with Crippen molar-refractivity contribution in [1.82, 2.24) is 20.3 Å². The van der Waals surface area contributed by atoms with E-state index in [0.29, 0.717) is 31.4 Å². The van der Waals surface area contributed by atoms with Crippen LogP contribution in [-0.4, -0.2) is 78.7 Å². The van der Waals surface area contributed by atoms with Crippen molar-refractivity contribution < 1.29 is 32.7 Å². The highest BCUT2D eigenvalue weighted by molar-refractivity contribution is 7.89. The van der Waals surface area contributed by atoms with Gasteiger partial charge in [-0.05, 0) is 61.9 Å². The summed E-state index contributed by atoms with van der Waals surface area (Å²) in [5, 5.41) is 26.7. The molecule has 2 heterocycles. The summed E-state index contributed by atoms with van der Waals surface area (Å²) in [4.78, 5) is 50.2. The standard InChI is InChI=1S/C27H33N7O7S/c28-27(29)32-18-6-4-5-17(13-18)24(36)31-15-22(35)30-14-21(26(38)39)33-25(37)23-16-9-11-19(12-10-16)34(23)42(40,41)20-7-2-1-3-8-20/h1-8,13,16,19,21,23H,9-12,14-15H2,(H,30,35)(H,31,36)(H,33,37)(H,38,39)(H4,28,29,32)/t16?,19?,21-,23-/m1/s1. The molecule has 2 atom stereocenters. The molecular formula is C27H33N7O7S. The van der Waals surface area contributed by atoms with Crippen LogP contribution in [-0.2, 0) is 24.4 Å². The Morgan fingerprint density at radius 2 is 1.69 bits per heavy atom. The van der Waals surface area contributed by atoms with Gasteiger partial charge < -0.3 is 32.1 Å². The maximum Gasteiger partial charge on any atom is 0.328 e. The molecule has 3 aliphatic rings. The first-order valence-electron chi connectivity index (χ1n) is 13.3. The Balaban J connectivity index is 1.37. The minimum absolute atomic E-state index is 0.0567. The molecule has 8 N–H and O–H groups in total. The molecule has 3 fully saturated rings. The summed E-state index contributed by atoms with van der Waals surface area (Å²) < 4.78 is 28.3. The van der Waals surface area contributed by atoms with Crippen LogP contribution in [0.25, 0.3) is 0 Å². The van der Waals surface area contributed by atoms with Gasteiger partial charge in [0.1, 0.15) is 12.1 Å². The fourth-order valence-electron chi connectivity index (χ4n) is 5.39. The highest BCUT2D eigenvalue weighted by Crippen LogP contribution is 2.42. The zero-order valence-corrected chi connectivity index (χ0v) is 23.4. The molecule has 0 radical (unpaired) electrons. The maximum absolute atomic E-state index is 13.5. The number of fused-ring (bicyclic) bond motifs is 3. The highest BCUT2D eigenvalue weighted by Gasteiger charge is 2.51. The zero-order chi connectivity index (χ0) is 30.4. The monoisotopic (exact) mass is 599 g/mol. The van der Waals surface area contributed by atoms with Gasteiger partial charge in [-0.1, -0.05) is 24.3 Å². The molecule has 0 spiro atoms. The van der Waals surface area contributed by atoms with E-state index in [9.17, 15) is 32.7 Å². The van der Waals surface area contributed by atoms with E-state index in [1.165, 1.54) is 28.6 Å². The zero-order valence-electron chi connectivity index (χ0n) is 22.6. The largest absolute Gasteiger partial charge is 0.480 e. The van der Waals surface area contributed by atoms with Gasteiger partial charge in [-0.15, -0.1) is 0 Å². The fraction of sp³-hybridized carbons (Fsp3) is 0.370. The maximum atomic E-state index is 13.5. The van der Waals surface area contributed by atoms with Gasteiger partial charge in [0.2, 0.25) is 21.8 Å². The molecule has 1 aliphatic carbocycles. The Morgan fingerprint density at radius 1 is 1.00 bits per heavy atom. The van der Waals surface area contributed by atoms with Gasteiger partial charge in [0.25, 0.3) is 5.91 Å². The van der Waals surface area contributed by atoms with Crippen LogP contribution in [0.2, 0.25) is 0 Å². The van der Waals surface area contributed by atoms with Crippen molar-refractivity contribution in [2.24, 2.45) is 11.7 Å². The van der Waals surface area contributed by atoms with Crippen LogP contribution in [0.15, 0.2) is 59.5 Å². The third-order valence-electron chi connectivity index (χ3n) is 7.34. The Hall–Kier alpha value is -4.50. The van der Waals surface area contributed by atoms with E-state index >= 15 is 0 Å². The molecular weight excluding hydrogens is 566 g/mol. The molecule has 224 valence electrons. The van der Waals surface area contributed by atoms with Crippen molar-refractivity contribution in [3.8, 4) is 0 Å². The molecule has 0 aromatic heterocycles. The van der Waals surface area contributed by atoms with Crippen molar-refractivity contribution >= 4 is 45.4 Å². The normalized spacial score (nSPS) is 20.6. The lowest BCUT2D eigenvalue weighted by Crippen LogP contribution is -2.64. The molecule has 2 saturated heterocycles. The van der Waals surface area contributed by atoms with Gasteiger partial charge in [0.15, 0.2) is 5.96 Å². The topological polar surface area (TPSA) is 224 Å². The fourth-order valence-corrected chi connectivity index (χ4v) is 7.30. The number of anilines is 1. The molecule has 14 nitrogen and oxygen atoms in total. The van der Waals surface area contributed by atoms with E-state index in [1.807, 2.05) is 0 Å². The van der Waals surface area contributed by atoms with Gasteiger partial charge in [-0.3, -0.25) is 19.8 Å². The van der Waals surface area contributed by atoms with Crippen molar-refractivity contribution in [1.29, 1.82) is 5.41 Å². The van der Waals surface area contributed by atoms with Gasteiger partial charge in [-0.25, -0.2) is 13.2 Å². The van der Waals surface area contributed by atoms with Crippen LogP contribution in [0.4, 0.5) is 5.69 Å². The molecule has 0 unspecified atom stereocenters. The second-order valence-electron chi connectivity index (χ2n) is 10.2. The molecule has 15 heteroatoms. The molecule has 42 heavy (non-hydrogen) atoms. The number of hydrogen-bond acceptors (Lipinski definition) is 7. The number of nitrogens with zero attached hydrogens (tertiary/aromatic N) is 1. The van der Waals surface area contributed by atoms with Crippen LogP contribution in [0.3, 0.4) is 0 Å². The summed E-state index contributed by atoms with van der Waals surface area (Å²) in [6.07, 6.45) is 2.52. The number of rotatable bonds is 11. The van der Waals surface area contributed by atoms with Crippen LogP contribution in [0.5, 0.6) is 0 Å². The highest BCUT2D eigenvalue weighted by atomic mass is 32.2. The lowest BCUT2D eigenvalue weighted by atomic mass is 9.76. The second-order valence-corrected chi connectivity index (χ2v) is 12.0. The Morgan fingerprint density at radius 3 is 2.33 bits per heavy atom. The predicted octanol–water partition coefficient (Wildman–Crippen LogP) is 0.0393. The summed E-state index contributed by atoms with van der Waals surface area (Å²) in [7, 11) is -4.02. The van der Waals surface area contributed by atoms with E-state index < -0.39 is 58.9 Å². The Labute approximate surface area is 242 Å². The number of nitrogens with two attached hydrogens (primary N) is 1. The van der Waals surface area contributed by atoms with Gasteiger partial charge in [-0.2, -0.15) is 4.31 Å². The second kappa shape index (κ2) is 13.0. The van der Waals surface area contributed by atoms with E-state index in [2.05, 4.69) is 21.3 Å². The SMILES string of the molecule is N=C(N)Nc1cccc(C(=O)NCC(=O)NC[C@@H](NC(=O)[C@H]2C3CCC(CC3)N2S(=O)(=O)c2ccccc2)C(=O)O)c1. The lowest BCUT2D eigenvalue weighted by Gasteiger charge is -2.49. The quantitative estimate of drug-likeness (QED) is 0.137. The number of sulfonamides is 1. The van der Waals surface area contributed by atoms with E-state index in [4.69, 9.17) is 11.1 Å². The first-order chi connectivity index (χ1) is 20.0. The lowest BCUT2D eigenvalue weighted by molar-refractivity contribution is -0.143. The van der Waals surface area contributed by atoms with Crippen LogP contribution in [0, 0.1) is 11.3 Å². The average Bonchev–Trinajstić information content (AvgIpc) is 2.98. The number of aliphatic carboxylic acids is 1. The molecule has 2 aromatic carbocycles. The first kappa shape index (κ1) is 30.5. The predicted molar refractivity (Wildman–Crippen MR) is 152 cm³/mol. The van der Waals surface area contributed by atoms with E-state index in [0.717, 1.165) is 0 Å². The Bertz CT molecular complexity index is 1460. The molecule has 2 aromatic rings. The summed E-state index contributed by atoms with van der Waals surface area (Å²) in [6.45, 7) is -0.959. The number of piperidine rings is 2. The minimum atomic E-state index is -4.02. The van der Waals surface area contributed by atoms with Gasteiger partial charge in [0, 0.05) is 23.8 Å². The average molecular weight is 600 g/mol. The summed E-state index contributed by atoms with van der Waals surface area (Å²) in [5.74, 6) is -4.02. The minimum Gasteiger partial charge on any atom is -0.480 e. The number of benzene rings is 2. The number of amides is 3. The van der Waals surface area contributed by atoms with Crippen molar-refractivity contribution in [2.75, 3.05) is 18.4 Å². The smallest absolute Gasteiger partial charge is 0.328 e. The van der Waals surface area contributed by atoms with Crippen LogP contribution < -0.4 is 27.0 Å². The van der Waals surface area contributed by atoms with Crippen LogP contribution >= 0.6 is 0 Å². The molecule has 2 aliphatic heterocycles. The van der Waals surface area contributed by atoms with E-state index in [-0.39, 0.29) is 28.4 Å². The number of guanidine groups is 1. The van der Waals surface area contributed by atoms with Crippen molar-refractivity contribution in [2.45, 2.75) is 48.7 Å². The third kappa shape index (κ3) is 7.03. The number of carboxylic acids is 1. The number of carbonyl (C=O) groups is 4. The summed E-state index contributed by atoms with van der Waals surface area (Å²) in [5.41, 5.74) is 5.89. The molecule has 2 bridgehead atoms. The van der Waals surface area contributed by atoms with Crippen molar-refractivity contribution in [3.63, 3.8) is 0 Å². The molecule has 3 amide bonds. The molecule has 5 rings (SSSR count). The van der Waals surface area contributed by atoms with Gasteiger partial charge >= 0.3 is 5.97 Å². The number of carbonyl (C=O) groups excluding carboxylic acids is 3. The van der Waals surface area contributed by atoms with E-state index in [1.54, 1.807) is 30.3 Å². The van der Waals surface area contributed by atoms with Crippen LogP contribution in [0.1, 0.15) is 36.0 Å². The summed E-state index contributed by atoms with van der Waals surface area (Å²) >= 11 is 0.